The molecule has 0 bridgehead atoms. The third-order valence-corrected chi connectivity index (χ3v) is 6.24. The maximum absolute atomic E-state index is 12.7. The summed E-state index contributed by atoms with van der Waals surface area (Å²) in [5.41, 5.74) is 1.56. The number of thiophene rings is 1. The van der Waals surface area contributed by atoms with Crippen molar-refractivity contribution in [2.45, 2.75) is 33.4 Å². The van der Waals surface area contributed by atoms with Crippen LogP contribution in [0.2, 0.25) is 0 Å². The van der Waals surface area contributed by atoms with Gasteiger partial charge in [-0.1, -0.05) is 0 Å². The first kappa shape index (κ1) is 21.0. The molecule has 7 nitrogen and oxygen atoms in total. The van der Waals surface area contributed by atoms with Crippen LogP contribution in [0.25, 0.3) is 10.2 Å². The monoisotopic (exact) mass is 416 g/mol. The van der Waals surface area contributed by atoms with Gasteiger partial charge in [0.15, 0.2) is 5.82 Å². The number of aromatic nitrogens is 2. The maximum atomic E-state index is 12.7. The Labute approximate surface area is 173 Å². The predicted molar refractivity (Wildman–Crippen MR) is 113 cm³/mol. The number of carbonyl (C=O) groups is 1. The first-order valence-electron chi connectivity index (χ1n) is 9.51. The summed E-state index contributed by atoms with van der Waals surface area (Å²) in [7, 11) is 3.70. The van der Waals surface area contributed by atoms with Crippen molar-refractivity contribution in [2.24, 2.45) is 0 Å². The minimum atomic E-state index is -0.413. The van der Waals surface area contributed by atoms with E-state index in [2.05, 4.69) is 17.0 Å². The molecule has 1 unspecified atom stereocenters. The molecule has 8 heteroatoms. The van der Waals surface area contributed by atoms with E-state index in [4.69, 9.17) is 9.47 Å². The molecule has 0 saturated heterocycles. The van der Waals surface area contributed by atoms with Crippen LogP contribution in [0.4, 0.5) is 0 Å². The molecule has 1 aromatic carbocycles. The van der Waals surface area contributed by atoms with E-state index >= 15 is 0 Å². The quantitative estimate of drug-likeness (QED) is 0.577. The zero-order chi connectivity index (χ0) is 21.1. The number of nitrogens with zero attached hydrogens (tertiary/aromatic N) is 1. The second kappa shape index (κ2) is 8.75. The number of quaternary nitrogens is 1. The number of hydrogen-bond acceptors (Lipinski definition) is 6. The molecule has 2 atom stereocenters. The number of nitrogens with one attached hydrogen (secondary N) is 2. The van der Waals surface area contributed by atoms with Gasteiger partial charge in [-0.2, -0.15) is 0 Å². The average molecular weight is 417 g/mol. The van der Waals surface area contributed by atoms with Gasteiger partial charge in [-0.15, -0.1) is 11.3 Å². The van der Waals surface area contributed by atoms with Gasteiger partial charge in [-0.25, -0.2) is 9.78 Å². The molecule has 3 rings (SSSR count). The predicted octanol–water partition coefficient (Wildman–Crippen LogP) is 2.25. The van der Waals surface area contributed by atoms with Gasteiger partial charge >= 0.3 is 5.97 Å². The molecule has 2 aromatic heterocycles. The fourth-order valence-corrected chi connectivity index (χ4v) is 4.29. The number of methoxy groups -OCH3 is 1. The van der Waals surface area contributed by atoms with Crippen molar-refractivity contribution >= 4 is 27.5 Å². The number of fused-ring (bicyclic) bond motifs is 1. The Morgan fingerprint density at radius 1 is 1.31 bits per heavy atom. The molecule has 2 N–H and O–H groups in total. The third-order valence-electron chi connectivity index (χ3n) is 5.07. The molecule has 0 fully saturated rings. The zero-order valence-corrected chi connectivity index (χ0v) is 18.1. The molecule has 2 heterocycles. The van der Waals surface area contributed by atoms with Crippen LogP contribution in [0.15, 0.2) is 29.1 Å². The summed E-state index contributed by atoms with van der Waals surface area (Å²) in [6, 6.07) is 7.89. The normalized spacial score (nSPS) is 13.3. The van der Waals surface area contributed by atoms with E-state index in [1.54, 1.807) is 21.0 Å². The average Bonchev–Trinajstić information content (AvgIpc) is 3.05. The summed E-state index contributed by atoms with van der Waals surface area (Å²) in [6.07, 6.45) is 0. The first-order valence-corrected chi connectivity index (χ1v) is 10.3. The maximum Gasteiger partial charge on any atom is 0.348 e. The Kier molecular flexibility index (Phi) is 6.34. The molecule has 0 aliphatic rings. The van der Waals surface area contributed by atoms with Crippen LogP contribution >= 0.6 is 11.3 Å². The lowest BCUT2D eigenvalue weighted by molar-refractivity contribution is -0.924. The van der Waals surface area contributed by atoms with E-state index in [9.17, 15) is 9.59 Å². The molecule has 3 aromatic rings. The lowest BCUT2D eigenvalue weighted by Gasteiger charge is -2.21. The Hall–Kier alpha value is -2.71. The van der Waals surface area contributed by atoms with Gasteiger partial charge in [-0.3, -0.25) is 4.79 Å². The molecule has 0 amide bonds. The lowest BCUT2D eigenvalue weighted by atomic mass is 10.1. The summed E-state index contributed by atoms with van der Waals surface area (Å²) in [5, 5.41) is 0.460. The second-order valence-electron chi connectivity index (χ2n) is 7.00. The van der Waals surface area contributed by atoms with Crippen molar-refractivity contribution in [1.82, 2.24) is 9.97 Å². The van der Waals surface area contributed by atoms with E-state index in [1.807, 2.05) is 31.2 Å². The highest BCUT2D eigenvalue weighted by molar-refractivity contribution is 7.20. The molecule has 0 spiro atoms. The van der Waals surface area contributed by atoms with Crippen molar-refractivity contribution in [3.8, 4) is 5.75 Å². The molecule has 154 valence electrons. The number of hydrogen-bond donors (Lipinski definition) is 2. The number of rotatable bonds is 7. The zero-order valence-electron chi connectivity index (χ0n) is 17.3. The van der Waals surface area contributed by atoms with Gasteiger partial charge < -0.3 is 19.4 Å². The molecular weight excluding hydrogens is 390 g/mol. The highest BCUT2D eigenvalue weighted by Crippen LogP contribution is 2.28. The number of aryl methyl sites for hydroxylation is 1. The fourth-order valence-electron chi connectivity index (χ4n) is 3.21. The summed E-state index contributed by atoms with van der Waals surface area (Å²) >= 11 is 1.21. The molecule has 0 aliphatic carbocycles. The topological polar surface area (TPSA) is 85.7 Å². The van der Waals surface area contributed by atoms with Crippen LogP contribution in [0.5, 0.6) is 5.75 Å². The van der Waals surface area contributed by atoms with Gasteiger partial charge in [0.25, 0.3) is 5.56 Å². The van der Waals surface area contributed by atoms with Gasteiger partial charge in [0.2, 0.25) is 0 Å². The fraction of sp³-hybridized carbons (Fsp3) is 0.381. The van der Waals surface area contributed by atoms with Gasteiger partial charge in [0.1, 0.15) is 28.0 Å². The van der Waals surface area contributed by atoms with E-state index in [1.165, 1.54) is 16.2 Å². The van der Waals surface area contributed by atoms with Crippen molar-refractivity contribution in [3.63, 3.8) is 0 Å². The summed E-state index contributed by atoms with van der Waals surface area (Å²) in [6.45, 7) is 6.59. The largest absolute Gasteiger partial charge is 0.497 e. The molecule has 0 saturated carbocycles. The minimum absolute atomic E-state index is 0.0392. The number of H-pyrrole nitrogens is 1. The van der Waals surface area contributed by atoms with Crippen LogP contribution < -0.4 is 15.2 Å². The van der Waals surface area contributed by atoms with E-state index in [-0.39, 0.29) is 18.2 Å². The summed E-state index contributed by atoms with van der Waals surface area (Å²) in [5.74, 6) is 1.01. The minimum Gasteiger partial charge on any atom is -0.497 e. The number of carbonyl (C=O) groups excluding carboxylic acids is 1. The second-order valence-corrected chi connectivity index (χ2v) is 8.00. The Bertz CT molecular complexity index is 1070. The Morgan fingerprint density at radius 2 is 2.00 bits per heavy atom. The number of esters is 1. The smallest absolute Gasteiger partial charge is 0.348 e. The van der Waals surface area contributed by atoms with Gasteiger partial charge in [-0.05, 0) is 50.6 Å². The van der Waals surface area contributed by atoms with Crippen LogP contribution in [0, 0.1) is 6.92 Å². The molecule has 0 radical (unpaired) electrons. The molecule has 29 heavy (non-hydrogen) atoms. The van der Waals surface area contributed by atoms with E-state index < -0.39 is 5.97 Å². The highest BCUT2D eigenvalue weighted by atomic mass is 32.1. The van der Waals surface area contributed by atoms with Gasteiger partial charge in [0, 0.05) is 5.56 Å². The van der Waals surface area contributed by atoms with Crippen LogP contribution in [-0.2, 0) is 11.3 Å². The SMILES string of the molecule is CCOC(=O)c1sc2nc([C@H](C)[NH+](C)Cc3ccc(OC)cc3)[nH]c(=O)c2c1C. The standard InChI is InChI=1S/C21H25N3O4S/c1-6-28-21(26)17-12(2)16-19(25)22-18(23-20(16)29-17)13(3)24(4)11-14-7-9-15(27-5)10-8-14/h7-10,13H,6,11H2,1-5H3,(H,22,23,25)/p+1/t13-/m0/s1. The molecular formula is C21H26N3O4S+. The summed E-state index contributed by atoms with van der Waals surface area (Å²) in [4.78, 5) is 34.6. The first-order chi connectivity index (χ1) is 13.8. The van der Waals surface area contributed by atoms with Crippen molar-refractivity contribution < 1.29 is 19.2 Å². The highest BCUT2D eigenvalue weighted by Gasteiger charge is 2.24. The van der Waals surface area contributed by atoms with E-state index in [0.717, 1.165) is 17.9 Å². The lowest BCUT2D eigenvalue weighted by Crippen LogP contribution is -3.07. The van der Waals surface area contributed by atoms with Crippen molar-refractivity contribution in [1.29, 1.82) is 0 Å². The van der Waals surface area contributed by atoms with Crippen LogP contribution in [0.3, 0.4) is 0 Å². The van der Waals surface area contributed by atoms with E-state index in [0.29, 0.717) is 26.5 Å². The third kappa shape index (κ3) is 4.33. The number of ether oxygens (including phenoxy) is 2. The van der Waals surface area contributed by atoms with Gasteiger partial charge in [0.05, 0.1) is 26.2 Å². The number of aromatic amines is 1. The van der Waals surface area contributed by atoms with Crippen LogP contribution in [0.1, 0.15) is 46.5 Å². The van der Waals surface area contributed by atoms with Crippen molar-refractivity contribution in [2.75, 3.05) is 20.8 Å². The summed E-state index contributed by atoms with van der Waals surface area (Å²) < 4.78 is 10.3. The van der Waals surface area contributed by atoms with Crippen LogP contribution in [-0.4, -0.2) is 36.7 Å². The molecule has 0 aliphatic heterocycles. The number of benzene rings is 1. The Balaban J connectivity index is 1.88. The Morgan fingerprint density at radius 3 is 2.62 bits per heavy atom. The van der Waals surface area contributed by atoms with Crippen molar-refractivity contribution in [3.05, 3.63) is 56.4 Å².